The number of carbonyl (C=O) groups excluding carboxylic acids is 1. The molecule has 8 nitrogen and oxygen atoms in total. The van der Waals surface area contributed by atoms with Gasteiger partial charge in [-0.15, -0.1) is 0 Å². The van der Waals surface area contributed by atoms with Gasteiger partial charge in [-0.3, -0.25) is 4.79 Å². The third-order valence-electron chi connectivity index (χ3n) is 3.59. The van der Waals surface area contributed by atoms with E-state index < -0.39 is 4.92 Å². The van der Waals surface area contributed by atoms with E-state index in [1.54, 1.807) is 11.6 Å². The number of anilines is 1. The maximum atomic E-state index is 11.3. The topological polar surface area (TPSA) is 107 Å². The standard InChI is InChI=1S/C11H13N5O3S/c12-8(17)7-1-3-14(4-2-7)9-10(16(18)19)15-5-6-20-11(15)13-9/h5-7H,1-4H2,(H2,12,17). The van der Waals surface area contributed by atoms with Crippen LogP contribution in [0.4, 0.5) is 11.6 Å². The van der Waals surface area contributed by atoms with Crippen molar-refractivity contribution in [2.75, 3.05) is 18.0 Å². The third-order valence-corrected chi connectivity index (χ3v) is 4.35. The van der Waals surface area contributed by atoms with Crippen LogP contribution in [-0.2, 0) is 4.79 Å². The predicted molar refractivity (Wildman–Crippen MR) is 73.9 cm³/mol. The first-order valence-electron chi connectivity index (χ1n) is 6.22. The highest BCUT2D eigenvalue weighted by Gasteiger charge is 2.31. The zero-order valence-electron chi connectivity index (χ0n) is 10.6. The number of rotatable bonds is 3. The van der Waals surface area contributed by atoms with E-state index in [1.807, 2.05) is 4.90 Å². The second-order valence-electron chi connectivity index (χ2n) is 4.74. The van der Waals surface area contributed by atoms with Crippen molar-refractivity contribution in [1.29, 1.82) is 0 Å². The van der Waals surface area contributed by atoms with Crippen molar-refractivity contribution in [2.24, 2.45) is 11.7 Å². The second-order valence-corrected chi connectivity index (χ2v) is 5.61. The number of carbonyl (C=O) groups is 1. The Kier molecular flexibility index (Phi) is 3.05. The molecule has 0 unspecified atom stereocenters. The minimum atomic E-state index is -0.414. The van der Waals surface area contributed by atoms with Crippen LogP contribution in [0.1, 0.15) is 12.8 Å². The molecule has 2 aromatic rings. The van der Waals surface area contributed by atoms with Crippen LogP contribution in [0.25, 0.3) is 4.96 Å². The summed E-state index contributed by atoms with van der Waals surface area (Å²) in [6, 6.07) is 0. The molecule has 1 aliphatic rings. The zero-order chi connectivity index (χ0) is 14.3. The van der Waals surface area contributed by atoms with Crippen LogP contribution < -0.4 is 10.6 Å². The molecule has 0 spiro atoms. The molecule has 0 aliphatic carbocycles. The number of nitro groups is 1. The molecule has 1 saturated heterocycles. The van der Waals surface area contributed by atoms with E-state index in [2.05, 4.69) is 4.98 Å². The summed E-state index contributed by atoms with van der Waals surface area (Å²) >= 11 is 1.36. The van der Waals surface area contributed by atoms with Crippen LogP contribution in [0.2, 0.25) is 0 Å². The Bertz CT molecular complexity index is 671. The molecule has 106 valence electrons. The SMILES string of the molecule is NC(=O)C1CCN(c2nc3sccn3c2[N+](=O)[O-])CC1. The molecule has 9 heteroatoms. The molecule has 0 aromatic carbocycles. The maximum Gasteiger partial charge on any atom is 0.373 e. The van der Waals surface area contributed by atoms with E-state index in [0.717, 1.165) is 0 Å². The van der Waals surface area contributed by atoms with Crippen molar-refractivity contribution in [1.82, 2.24) is 9.38 Å². The Labute approximate surface area is 118 Å². The number of nitrogens with zero attached hydrogens (tertiary/aromatic N) is 4. The molecule has 0 bridgehead atoms. The van der Waals surface area contributed by atoms with Gasteiger partial charge in [-0.25, -0.2) is 0 Å². The number of primary amides is 1. The molecule has 0 atom stereocenters. The fraction of sp³-hybridized carbons (Fsp3) is 0.455. The van der Waals surface area contributed by atoms with Gasteiger partial charge in [0.25, 0.3) is 4.96 Å². The second kappa shape index (κ2) is 4.75. The van der Waals surface area contributed by atoms with Gasteiger partial charge in [0, 0.05) is 24.4 Å². The van der Waals surface area contributed by atoms with E-state index in [4.69, 9.17) is 5.73 Å². The lowest BCUT2D eigenvalue weighted by molar-refractivity contribution is -0.389. The molecule has 3 heterocycles. The van der Waals surface area contributed by atoms with Crippen molar-refractivity contribution < 1.29 is 9.72 Å². The number of hydrogen-bond acceptors (Lipinski definition) is 6. The summed E-state index contributed by atoms with van der Waals surface area (Å²) in [4.78, 5) is 28.8. The van der Waals surface area contributed by atoms with Crippen LogP contribution in [0.3, 0.4) is 0 Å². The Morgan fingerprint density at radius 1 is 1.50 bits per heavy atom. The fourth-order valence-corrected chi connectivity index (χ4v) is 3.22. The van der Waals surface area contributed by atoms with Gasteiger partial charge in [0.1, 0.15) is 6.20 Å². The quantitative estimate of drug-likeness (QED) is 0.671. The minimum absolute atomic E-state index is 0.0150. The summed E-state index contributed by atoms with van der Waals surface area (Å²) in [5, 5.41) is 13.0. The maximum absolute atomic E-state index is 11.3. The van der Waals surface area contributed by atoms with E-state index in [0.29, 0.717) is 36.7 Å². The average Bonchev–Trinajstić information content (AvgIpc) is 2.97. The molecule has 3 rings (SSSR count). The minimum Gasteiger partial charge on any atom is -0.369 e. The summed E-state index contributed by atoms with van der Waals surface area (Å²) in [5.74, 6) is -0.0810. The molecule has 0 radical (unpaired) electrons. The van der Waals surface area contributed by atoms with E-state index in [-0.39, 0.29) is 17.6 Å². The number of thiazole rings is 1. The zero-order valence-corrected chi connectivity index (χ0v) is 11.4. The molecule has 2 N–H and O–H groups in total. The van der Waals surface area contributed by atoms with Gasteiger partial charge in [-0.1, -0.05) is 11.3 Å². The number of amides is 1. The lowest BCUT2D eigenvalue weighted by atomic mass is 9.96. The summed E-state index contributed by atoms with van der Waals surface area (Å²) in [5.41, 5.74) is 5.29. The fourth-order valence-electron chi connectivity index (χ4n) is 2.52. The molecule has 1 amide bonds. The van der Waals surface area contributed by atoms with Gasteiger partial charge in [0.05, 0.1) is 0 Å². The molecule has 1 aliphatic heterocycles. The average molecular weight is 295 g/mol. The summed E-state index contributed by atoms with van der Waals surface area (Å²) in [6.45, 7) is 1.11. The molecule has 0 saturated carbocycles. The van der Waals surface area contributed by atoms with Gasteiger partial charge < -0.3 is 20.7 Å². The summed E-state index contributed by atoms with van der Waals surface area (Å²) in [7, 11) is 0. The first-order chi connectivity index (χ1) is 9.58. The first kappa shape index (κ1) is 12.9. The summed E-state index contributed by atoms with van der Waals surface area (Å²) in [6.07, 6.45) is 2.86. The van der Waals surface area contributed by atoms with Crippen molar-refractivity contribution in [3.8, 4) is 0 Å². The Morgan fingerprint density at radius 3 is 2.80 bits per heavy atom. The molecular weight excluding hydrogens is 282 g/mol. The number of nitrogens with two attached hydrogens (primary N) is 1. The Balaban J connectivity index is 1.91. The van der Waals surface area contributed by atoms with Gasteiger partial charge in [-0.2, -0.15) is 9.38 Å². The Hall–Kier alpha value is -2.16. The van der Waals surface area contributed by atoms with E-state index >= 15 is 0 Å². The number of aromatic nitrogens is 2. The van der Waals surface area contributed by atoms with Crippen LogP contribution in [-0.4, -0.2) is 33.3 Å². The number of fused-ring (bicyclic) bond motifs is 1. The van der Waals surface area contributed by atoms with E-state index in [1.165, 1.54) is 15.7 Å². The molecule has 2 aromatic heterocycles. The lowest BCUT2D eigenvalue weighted by Crippen LogP contribution is -2.39. The highest BCUT2D eigenvalue weighted by molar-refractivity contribution is 7.15. The van der Waals surface area contributed by atoms with Crippen molar-refractivity contribution >= 4 is 33.8 Å². The summed E-state index contributed by atoms with van der Waals surface area (Å²) < 4.78 is 1.49. The van der Waals surface area contributed by atoms with Gasteiger partial charge in [0.2, 0.25) is 11.7 Å². The highest BCUT2D eigenvalue weighted by atomic mass is 32.1. The lowest BCUT2D eigenvalue weighted by Gasteiger charge is -2.30. The predicted octanol–water partition coefficient (Wildman–Crippen LogP) is 1.01. The van der Waals surface area contributed by atoms with E-state index in [9.17, 15) is 14.9 Å². The number of piperidine rings is 1. The van der Waals surface area contributed by atoms with Crippen molar-refractivity contribution in [2.45, 2.75) is 12.8 Å². The third kappa shape index (κ3) is 1.99. The van der Waals surface area contributed by atoms with Crippen LogP contribution in [0, 0.1) is 16.0 Å². The Morgan fingerprint density at radius 2 is 2.20 bits per heavy atom. The normalized spacial score (nSPS) is 16.7. The molecular formula is C11H13N5O3S. The number of imidazole rings is 1. The van der Waals surface area contributed by atoms with Gasteiger partial charge in [-0.05, 0) is 17.8 Å². The van der Waals surface area contributed by atoms with Crippen molar-refractivity contribution in [3.63, 3.8) is 0 Å². The molecule has 20 heavy (non-hydrogen) atoms. The number of hydrogen-bond donors (Lipinski definition) is 1. The van der Waals surface area contributed by atoms with Gasteiger partial charge in [0.15, 0.2) is 0 Å². The molecule has 1 fully saturated rings. The van der Waals surface area contributed by atoms with Crippen LogP contribution in [0.5, 0.6) is 0 Å². The van der Waals surface area contributed by atoms with Crippen molar-refractivity contribution in [3.05, 3.63) is 21.7 Å². The van der Waals surface area contributed by atoms with Gasteiger partial charge >= 0.3 is 5.82 Å². The van der Waals surface area contributed by atoms with Crippen LogP contribution >= 0.6 is 11.3 Å². The largest absolute Gasteiger partial charge is 0.373 e. The monoisotopic (exact) mass is 295 g/mol. The smallest absolute Gasteiger partial charge is 0.369 e. The van der Waals surface area contributed by atoms with Crippen LogP contribution in [0.15, 0.2) is 11.6 Å². The highest BCUT2D eigenvalue weighted by Crippen LogP contribution is 2.33. The first-order valence-corrected chi connectivity index (χ1v) is 7.10.